The van der Waals surface area contributed by atoms with Crippen LogP contribution in [0.15, 0.2) is 12.3 Å². The quantitative estimate of drug-likeness (QED) is 0.602. The number of amides is 1. The van der Waals surface area contributed by atoms with Gasteiger partial charge in [0.25, 0.3) is 0 Å². The van der Waals surface area contributed by atoms with E-state index in [4.69, 9.17) is 0 Å². The zero-order chi connectivity index (χ0) is 8.97. The highest BCUT2D eigenvalue weighted by molar-refractivity contribution is 5.69. The number of carbonyl (C=O) groups excluding carboxylic acids is 1. The maximum Gasteiger partial charge on any atom is 0.413 e. The average Bonchev–Trinajstić information content (AvgIpc) is 2.16. The van der Waals surface area contributed by atoms with Crippen LogP contribution >= 0.6 is 0 Å². The number of nitrogens with zero attached hydrogens (tertiary/aromatic N) is 1. The van der Waals surface area contributed by atoms with Gasteiger partial charge in [-0.15, -0.1) is 0 Å². The molecule has 0 aromatic carbocycles. The molecule has 0 radical (unpaired) electrons. The van der Waals surface area contributed by atoms with Gasteiger partial charge in [0.1, 0.15) is 0 Å². The molecule has 0 fully saturated rings. The third kappa shape index (κ3) is 1.78. The van der Waals surface area contributed by atoms with Crippen LogP contribution in [0.25, 0.3) is 0 Å². The predicted octanol–water partition coefficient (Wildman–Crippen LogP) is 2.14. The Labute approximate surface area is 73.0 Å². The fourth-order valence-electron chi connectivity index (χ4n) is 1.45. The Kier molecular flexibility index (Phi) is 3.14. The number of carbonyl (C=O) groups is 1. The number of methoxy groups -OCH3 is 1. The third-order valence-corrected chi connectivity index (χ3v) is 2.18. The van der Waals surface area contributed by atoms with Crippen LogP contribution in [0.5, 0.6) is 0 Å². The van der Waals surface area contributed by atoms with Crippen LogP contribution in [-0.4, -0.2) is 24.1 Å². The van der Waals surface area contributed by atoms with Gasteiger partial charge >= 0.3 is 6.09 Å². The summed E-state index contributed by atoms with van der Waals surface area (Å²) in [5.41, 5.74) is 0. The van der Waals surface area contributed by atoms with Gasteiger partial charge in [0.05, 0.1) is 7.11 Å². The summed E-state index contributed by atoms with van der Waals surface area (Å²) in [4.78, 5) is 12.9. The molecule has 0 aromatic heterocycles. The number of hydrogen-bond acceptors (Lipinski definition) is 2. The Morgan fingerprint density at radius 2 is 2.50 bits per heavy atom. The molecule has 3 nitrogen and oxygen atoms in total. The summed E-state index contributed by atoms with van der Waals surface area (Å²) in [5.74, 6) is 0. The molecule has 0 saturated heterocycles. The number of rotatable bonds is 1. The lowest BCUT2D eigenvalue weighted by atomic mass is 10.1. The monoisotopic (exact) mass is 169 g/mol. The fourth-order valence-corrected chi connectivity index (χ4v) is 1.45. The molecule has 0 aliphatic carbocycles. The van der Waals surface area contributed by atoms with E-state index in [1.54, 1.807) is 4.90 Å². The van der Waals surface area contributed by atoms with Crippen LogP contribution in [-0.2, 0) is 4.74 Å². The van der Waals surface area contributed by atoms with Crippen molar-refractivity contribution in [3.05, 3.63) is 12.3 Å². The first kappa shape index (κ1) is 9.10. The van der Waals surface area contributed by atoms with E-state index in [1.165, 1.54) is 7.11 Å². The zero-order valence-corrected chi connectivity index (χ0v) is 7.62. The smallest absolute Gasteiger partial charge is 0.413 e. The van der Waals surface area contributed by atoms with Crippen LogP contribution < -0.4 is 0 Å². The topological polar surface area (TPSA) is 29.5 Å². The molecule has 68 valence electrons. The Bertz CT molecular complexity index is 189. The molecule has 1 heterocycles. The van der Waals surface area contributed by atoms with Gasteiger partial charge in [-0.25, -0.2) is 4.79 Å². The van der Waals surface area contributed by atoms with E-state index in [-0.39, 0.29) is 6.09 Å². The molecule has 0 bridgehead atoms. The third-order valence-electron chi connectivity index (χ3n) is 2.18. The summed E-state index contributed by atoms with van der Waals surface area (Å²) in [6.45, 7) is 2.08. The van der Waals surface area contributed by atoms with Crippen molar-refractivity contribution in [2.24, 2.45) is 0 Å². The Morgan fingerprint density at radius 1 is 1.75 bits per heavy atom. The number of hydrogen-bond donors (Lipinski definition) is 0. The summed E-state index contributed by atoms with van der Waals surface area (Å²) < 4.78 is 4.66. The van der Waals surface area contributed by atoms with Crippen molar-refractivity contribution in [1.29, 1.82) is 0 Å². The van der Waals surface area contributed by atoms with Gasteiger partial charge in [0, 0.05) is 12.2 Å². The minimum atomic E-state index is -0.252. The molecule has 0 aromatic rings. The molecule has 1 aliphatic rings. The lowest BCUT2D eigenvalue weighted by Gasteiger charge is -2.29. The summed E-state index contributed by atoms with van der Waals surface area (Å²) in [6, 6.07) is 0.322. The van der Waals surface area contributed by atoms with E-state index in [9.17, 15) is 4.79 Å². The van der Waals surface area contributed by atoms with E-state index >= 15 is 0 Å². The minimum absolute atomic E-state index is 0.252. The van der Waals surface area contributed by atoms with Crippen molar-refractivity contribution >= 4 is 6.09 Å². The van der Waals surface area contributed by atoms with Crippen LogP contribution in [0.3, 0.4) is 0 Å². The number of ether oxygens (including phenoxy) is 1. The van der Waals surface area contributed by atoms with Crippen molar-refractivity contribution in [1.82, 2.24) is 4.90 Å². The molecule has 12 heavy (non-hydrogen) atoms. The first-order chi connectivity index (χ1) is 5.79. The second kappa shape index (κ2) is 4.14. The Hall–Kier alpha value is -0.990. The van der Waals surface area contributed by atoms with E-state index < -0.39 is 0 Å². The molecule has 0 saturated carbocycles. The maximum atomic E-state index is 11.2. The van der Waals surface area contributed by atoms with Crippen LogP contribution in [0, 0.1) is 0 Å². The zero-order valence-electron chi connectivity index (χ0n) is 7.62. The molecular formula is C9H15NO2. The minimum Gasteiger partial charge on any atom is -0.452 e. The highest BCUT2D eigenvalue weighted by Gasteiger charge is 2.22. The summed E-state index contributed by atoms with van der Waals surface area (Å²) in [7, 11) is 1.41. The van der Waals surface area contributed by atoms with E-state index in [0.717, 1.165) is 19.3 Å². The van der Waals surface area contributed by atoms with Crippen molar-refractivity contribution < 1.29 is 9.53 Å². The maximum absolute atomic E-state index is 11.2. The molecule has 1 atom stereocenters. The first-order valence-corrected chi connectivity index (χ1v) is 4.32. The molecule has 0 spiro atoms. The van der Waals surface area contributed by atoms with Crippen molar-refractivity contribution in [2.75, 3.05) is 7.11 Å². The highest BCUT2D eigenvalue weighted by Crippen LogP contribution is 2.17. The molecule has 1 unspecified atom stereocenters. The average molecular weight is 169 g/mol. The van der Waals surface area contributed by atoms with Gasteiger partial charge in [-0.05, 0) is 19.3 Å². The van der Waals surface area contributed by atoms with Crippen LogP contribution in [0.4, 0.5) is 4.79 Å². The second-order valence-electron chi connectivity index (χ2n) is 2.90. The van der Waals surface area contributed by atoms with Crippen molar-refractivity contribution in [3.63, 3.8) is 0 Å². The van der Waals surface area contributed by atoms with E-state index in [2.05, 4.69) is 11.7 Å². The number of allylic oxidation sites excluding steroid dienone is 1. The van der Waals surface area contributed by atoms with Crippen LogP contribution in [0.1, 0.15) is 26.2 Å². The summed E-state index contributed by atoms with van der Waals surface area (Å²) in [5, 5.41) is 0. The van der Waals surface area contributed by atoms with Crippen LogP contribution in [0.2, 0.25) is 0 Å². The SMILES string of the molecule is CCC1CCC=CN1C(=O)OC. The fraction of sp³-hybridized carbons (Fsp3) is 0.667. The standard InChI is InChI=1S/C9H15NO2/c1-3-8-6-4-5-7-10(8)9(11)12-2/h5,7-8H,3-4,6H2,1-2H3. The molecule has 0 N–H and O–H groups in total. The molecular weight excluding hydrogens is 154 g/mol. The van der Waals surface area contributed by atoms with Crippen molar-refractivity contribution in [2.45, 2.75) is 32.2 Å². The molecule has 1 amide bonds. The van der Waals surface area contributed by atoms with Gasteiger partial charge < -0.3 is 4.74 Å². The predicted molar refractivity (Wildman–Crippen MR) is 46.7 cm³/mol. The highest BCUT2D eigenvalue weighted by atomic mass is 16.5. The van der Waals surface area contributed by atoms with Gasteiger partial charge in [0.15, 0.2) is 0 Å². The first-order valence-electron chi connectivity index (χ1n) is 4.32. The van der Waals surface area contributed by atoms with Gasteiger partial charge in [-0.2, -0.15) is 0 Å². The van der Waals surface area contributed by atoms with Gasteiger partial charge in [-0.3, -0.25) is 4.90 Å². The second-order valence-corrected chi connectivity index (χ2v) is 2.90. The summed E-state index contributed by atoms with van der Waals surface area (Å²) in [6.07, 6.45) is 6.66. The van der Waals surface area contributed by atoms with Crippen molar-refractivity contribution in [3.8, 4) is 0 Å². The molecule has 1 aliphatic heterocycles. The molecule has 1 rings (SSSR count). The van der Waals surface area contributed by atoms with E-state index in [0.29, 0.717) is 6.04 Å². The van der Waals surface area contributed by atoms with E-state index in [1.807, 2.05) is 12.3 Å². The normalized spacial score (nSPS) is 22.5. The lowest BCUT2D eigenvalue weighted by molar-refractivity contribution is 0.120. The molecule has 3 heteroatoms. The Balaban J connectivity index is 2.64. The lowest BCUT2D eigenvalue weighted by Crippen LogP contribution is -2.37. The van der Waals surface area contributed by atoms with Gasteiger partial charge in [-0.1, -0.05) is 13.0 Å². The summed E-state index contributed by atoms with van der Waals surface area (Å²) >= 11 is 0. The largest absolute Gasteiger partial charge is 0.452 e. The Morgan fingerprint density at radius 3 is 3.08 bits per heavy atom. The van der Waals surface area contributed by atoms with Gasteiger partial charge in [0.2, 0.25) is 0 Å².